The fourth-order valence-electron chi connectivity index (χ4n) is 1.35. The largest absolute Gasteiger partial charge is 0.399 e. The van der Waals surface area contributed by atoms with Crippen LogP contribution in [0.4, 0.5) is 5.69 Å². The quantitative estimate of drug-likeness (QED) is 0.545. The minimum atomic E-state index is -0.167. The van der Waals surface area contributed by atoms with Gasteiger partial charge in [0.1, 0.15) is 0 Å². The Morgan fingerprint density at radius 2 is 2.00 bits per heavy atom. The summed E-state index contributed by atoms with van der Waals surface area (Å²) in [5.74, 6) is -0.126. The number of nitrogens with two attached hydrogens (primary N) is 1. The van der Waals surface area contributed by atoms with E-state index in [1.54, 1.807) is 18.2 Å². The van der Waals surface area contributed by atoms with E-state index in [2.05, 4.69) is 5.32 Å². The average molecular weight is 248 g/mol. The summed E-state index contributed by atoms with van der Waals surface area (Å²) in [6.45, 7) is 3.81. The summed E-state index contributed by atoms with van der Waals surface area (Å²) >= 11 is 0. The molecule has 0 aliphatic rings. The molecule has 18 heavy (non-hydrogen) atoms. The monoisotopic (exact) mass is 248 g/mol. The van der Waals surface area contributed by atoms with E-state index in [4.69, 9.17) is 10.8 Å². The van der Waals surface area contributed by atoms with Gasteiger partial charge >= 0.3 is 0 Å². The predicted molar refractivity (Wildman–Crippen MR) is 73.7 cm³/mol. The molecule has 0 fully saturated rings. The third-order valence-corrected chi connectivity index (χ3v) is 2.88. The maximum atomic E-state index is 11.6. The van der Waals surface area contributed by atoms with Gasteiger partial charge in [0, 0.05) is 24.4 Å². The van der Waals surface area contributed by atoms with Crippen molar-refractivity contribution in [2.75, 3.05) is 12.3 Å². The minimum Gasteiger partial charge on any atom is -0.399 e. The van der Waals surface area contributed by atoms with Crippen molar-refractivity contribution in [3.63, 3.8) is 0 Å². The molecule has 4 nitrogen and oxygen atoms in total. The smallest absolute Gasteiger partial charge is 0.244 e. The van der Waals surface area contributed by atoms with Gasteiger partial charge < -0.3 is 16.2 Å². The van der Waals surface area contributed by atoms with Crippen molar-refractivity contribution in [2.24, 2.45) is 5.92 Å². The SMILES string of the molecule is CC(CO)C(C)NC(=O)/C=C/c1ccc(N)cc1. The van der Waals surface area contributed by atoms with Gasteiger partial charge in [0.15, 0.2) is 0 Å². The Bertz CT molecular complexity index is 412. The Kier molecular flexibility index (Phi) is 5.39. The zero-order valence-electron chi connectivity index (χ0n) is 10.8. The van der Waals surface area contributed by atoms with E-state index in [9.17, 15) is 4.79 Å². The first-order valence-corrected chi connectivity index (χ1v) is 5.98. The predicted octanol–water partition coefficient (Wildman–Crippen LogP) is 1.42. The second-order valence-electron chi connectivity index (χ2n) is 4.46. The summed E-state index contributed by atoms with van der Waals surface area (Å²) < 4.78 is 0. The first-order chi connectivity index (χ1) is 8.52. The number of amides is 1. The molecule has 4 N–H and O–H groups in total. The minimum absolute atomic E-state index is 0.0406. The van der Waals surface area contributed by atoms with Gasteiger partial charge in [-0.25, -0.2) is 0 Å². The average Bonchev–Trinajstić information content (AvgIpc) is 2.37. The number of anilines is 1. The van der Waals surface area contributed by atoms with Gasteiger partial charge in [0.2, 0.25) is 5.91 Å². The van der Waals surface area contributed by atoms with Crippen molar-refractivity contribution < 1.29 is 9.90 Å². The molecule has 0 heterocycles. The van der Waals surface area contributed by atoms with Crippen molar-refractivity contribution in [3.05, 3.63) is 35.9 Å². The second kappa shape index (κ2) is 6.81. The third-order valence-electron chi connectivity index (χ3n) is 2.88. The van der Waals surface area contributed by atoms with Crippen LogP contribution >= 0.6 is 0 Å². The molecule has 0 aromatic heterocycles. The molecule has 1 aromatic carbocycles. The van der Waals surface area contributed by atoms with Crippen molar-refractivity contribution in [1.29, 1.82) is 0 Å². The lowest BCUT2D eigenvalue weighted by Crippen LogP contribution is -2.37. The van der Waals surface area contributed by atoms with Crippen LogP contribution in [0.15, 0.2) is 30.3 Å². The topological polar surface area (TPSA) is 75.3 Å². The molecule has 2 atom stereocenters. The van der Waals surface area contributed by atoms with Gasteiger partial charge in [-0.05, 0) is 36.6 Å². The van der Waals surface area contributed by atoms with Crippen molar-refractivity contribution in [3.8, 4) is 0 Å². The summed E-state index contributed by atoms with van der Waals surface area (Å²) in [4.78, 5) is 11.6. The molecule has 0 saturated carbocycles. The highest BCUT2D eigenvalue weighted by Gasteiger charge is 2.11. The van der Waals surface area contributed by atoms with Crippen LogP contribution < -0.4 is 11.1 Å². The van der Waals surface area contributed by atoms with Crippen LogP contribution in [0.1, 0.15) is 19.4 Å². The highest BCUT2D eigenvalue weighted by atomic mass is 16.3. The van der Waals surface area contributed by atoms with E-state index in [-0.39, 0.29) is 24.5 Å². The molecule has 0 radical (unpaired) electrons. The second-order valence-corrected chi connectivity index (χ2v) is 4.46. The lowest BCUT2D eigenvalue weighted by atomic mass is 10.1. The van der Waals surface area contributed by atoms with Crippen LogP contribution in [0.25, 0.3) is 6.08 Å². The van der Waals surface area contributed by atoms with E-state index in [1.165, 1.54) is 6.08 Å². The number of nitrogens with one attached hydrogen (secondary N) is 1. The fraction of sp³-hybridized carbons (Fsp3) is 0.357. The normalized spacial score (nSPS) is 14.4. The summed E-state index contributed by atoms with van der Waals surface area (Å²) in [6.07, 6.45) is 3.21. The maximum Gasteiger partial charge on any atom is 0.244 e. The lowest BCUT2D eigenvalue weighted by Gasteiger charge is -2.18. The van der Waals surface area contributed by atoms with Gasteiger partial charge in [-0.1, -0.05) is 19.1 Å². The van der Waals surface area contributed by atoms with E-state index in [1.807, 2.05) is 26.0 Å². The maximum absolute atomic E-state index is 11.6. The fourth-order valence-corrected chi connectivity index (χ4v) is 1.35. The molecule has 1 amide bonds. The van der Waals surface area contributed by atoms with E-state index >= 15 is 0 Å². The van der Waals surface area contributed by atoms with Gasteiger partial charge in [0.25, 0.3) is 0 Å². The Labute approximate surface area is 108 Å². The summed E-state index contributed by atoms with van der Waals surface area (Å²) in [5.41, 5.74) is 7.19. The molecule has 1 aromatic rings. The van der Waals surface area contributed by atoms with Gasteiger partial charge in [0.05, 0.1) is 0 Å². The first kappa shape index (κ1) is 14.3. The van der Waals surface area contributed by atoms with Crippen molar-refractivity contribution in [1.82, 2.24) is 5.32 Å². The number of rotatable bonds is 5. The zero-order chi connectivity index (χ0) is 13.5. The number of benzene rings is 1. The summed E-state index contributed by atoms with van der Waals surface area (Å²) in [6, 6.07) is 7.21. The molecule has 0 aliphatic heterocycles. The number of hydrogen-bond donors (Lipinski definition) is 3. The van der Waals surface area contributed by atoms with Gasteiger partial charge in [-0.15, -0.1) is 0 Å². The number of aliphatic hydroxyl groups is 1. The molecule has 1 rings (SSSR count). The summed E-state index contributed by atoms with van der Waals surface area (Å²) in [5, 5.41) is 11.8. The highest BCUT2D eigenvalue weighted by Crippen LogP contribution is 2.07. The zero-order valence-corrected chi connectivity index (χ0v) is 10.8. The van der Waals surface area contributed by atoms with E-state index in [0.717, 1.165) is 5.56 Å². The van der Waals surface area contributed by atoms with Gasteiger partial charge in [-0.3, -0.25) is 4.79 Å². The van der Waals surface area contributed by atoms with Crippen LogP contribution in [0.3, 0.4) is 0 Å². The van der Waals surface area contributed by atoms with Gasteiger partial charge in [-0.2, -0.15) is 0 Å². The molecular weight excluding hydrogens is 228 g/mol. The molecule has 0 saturated heterocycles. The Morgan fingerprint density at radius 3 is 2.56 bits per heavy atom. The van der Waals surface area contributed by atoms with Crippen LogP contribution in [-0.4, -0.2) is 23.7 Å². The van der Waals surface area contributed by atoms with Crippen molar-refractivity contribution in [2.45, 2.75) is 19.9 Å². The number of carbonyl (C=O) groups is 1. The molecular formula is C14H20N2O2. The molecule has 0 aliphatic carbocycles. The lowest BCUT2D eigenvalue weighted by molar-refractivity contribution is -0.117. The summed E-state index contributed by atoms with van der Waals surface area (Å²) in [7, 11) is 0. The number of aliphatic hydroxyl groups excluding tert-OH is 1. The van der Waals surface area contributed by atoms with Crippen LogP contribution in [0.5, 0.6) is 0 Å². The van der Waals surface area contributed by atoms with Crippen molar-refractivity contribution >= 4 is 17.7 Å². The Hall–Kier alpha value is -1.81. The third kappa shape index (κ3) is 4.59. The van der Waals surface area contributed by atoms with Crippen LogP contribution in [0, 0.1) is 5.92 Å². The van der Waals surface area contributed by atoms with E-state index < -0.39 is 0 Å². The van der Waals surface area contributed by atoms with Crippen LogP contribution in [-0.2, 0) is 4.79 Å². The Balaban J connectivity index is 2.52. The molecule has 0 spiro atoms. The molecule has 4 heteroatoms. The van der Waals surface area contributed by atoms with E-state index in [0.29, 0.717) is 5.69 Å². The molecule has 0 bridgehead atoms. The van der Waals surface area contributed by atoms with Crippen LogP contribution in [0.2, 0.25) is 0 Å². The first-order valence-electron chi connectivity index (χ1n) is 5.98. The highest BCUT2D eigenvalue weighted by molar-refractivity contribution is 5.91. The molecule has 98 valence electrons. The number of nitrogen functional groups attached to an aromatic ring is 1. The number of hydrogen-bond acceptors (Lipinski definition) is 3. The number of carbonyl (C=O) groups excluding carboxylic acids is 1. The Morgan fingerprint density at radius 1 is 1.39 bits per heavy atom. The standard InChI is InChI=1S/C14H20N2O2/c1-10(9-17)11(2)16-14(18)8-5-12-3-6-13(15)7-4-12/h3-8,10-11,17H,9,15H2,1-2H3,(H,16,18)/b8-5+. The molecule has 2 unspecified atom stereocenters.